The maximum absolute atomic E-state index is 11.8. The predicted octanol–water partition coefficient (Wildman–Crippen LogP) is 4.37. The Morgan fingerprint density at radius 1 is 1.19 bits per heavy atom. The van der Waals surface area contributed by atoms with Crippen molar-refractivity contribution in [3.8, 4) is 11.5 Å². The third-order valence-electron chi connectivity index (χ3n) is 3.58. The highest BCUT2D eigenvalue weighted by Crippen LogP contribution is 2.30. The number of nitrogens with zero attached hydrogens (tertiary/aromatic N) is 1. The summed E-state index contributed by atoms with van der Waals surface area (Å²) in [6.07, 6.45) is -0.942. The summed E-state index contributed by atoms with van der Waals surface area (Å²) < 4.78 is 20.9. The summed E-state index contributed by atoms with van der Waals surface area (Å²) in [5.74, 6) is 1.17. The molecule has 0 fully saturated rings. The Morgan fingerprint density at radius 3 is 2.58 bits per heavy atom. The van der Waals surface area contributed by atoms with Crippen molar-refractivity contribution in [3.63, 3.8) is 0 Å². The summed E-state index contributed by atoms with van der Waals surface area (Å²) in [4.78, 5) is 21.8. The van der Waals surface area contributed by atoms with Gasteiger partial charge in [-0.3, -0.25) is 10.1 Å². The summed E-state index contributed by atoms with van der Waals surface area (Å²) in [6, 6.07) is 10.6. The van der Waals surface area contributed by atoms with E-state index in [4.69, 9.17) is 18.6 Å². The molecule has 0 bridgehead atoms. The molecule has 0 saturated heterocycles. The van der Waals surface area contributed by atoms with E-state index in [1.807, 2.05) is 19.1 Å². The lowest BCUT2D eigenvalue weighted by Gasteiger charge is -2.04. The van der Waals surface area contributed by atoms with Gasteiger partial charge in [-0.05, 0) is 42.8 Å². The molecule has 3 rings (SSSR count). The predicted molar refractivity (Wildman–Crippen MR) is 91.4 cm³/mol. The number of aryl methyl sites for hydroxylation is 1. The van der Waals surface area contributed by atoms with Crippen LogP contribution in [-0.2, 0) is 11.3 Å². The van der Waals surface area contributed by atoms with E-state index < -0.39 is 11.1 Å². The first-order valence-corrected chi connectivity index (χ1v) is 7.62. The van der Waals surface area contributed by atoms with Crippen LogP contribution in [0.2, 0.25) is 0 Å². The minimum absolute atomic E-state index is 0.0998. The summed E-state index contributed by atoms with van der Waals surface area (Å²) in [5, 5.41) is 11.4. The Morgan fingerprint density at radius 2 is 1.92 bits per heavy atom. The number of non-ortho nitro benzene ring substituents is 1. The molecule has 0 radical (unpaired) electrons. The van der Waals surface area contributed by atoms with Crippen LogP contribution in [0.1, 0.15) is 11.3 Å². The van der Waals surface area contributed by atoms with Crippen LogP contribution in [0.25, 0.3) is 11.0 Å². The first kappa shape index (κ1) is 17.3. The number of methoxy groups -OCH3 is 1. The van der Waals surface area contributed by atoms with E-state index in [1.165, 1.54) is 24.3 Å². The van der Waals surface area contributed by atoms with Gasteiger partial charge < -0.3 is 18.6 Å². The van der Waals surface area contributed by atoms with Crippen molar-refractivity contribution in [2.45, 2.75) is 13.5 Å². The summed E-state index contributed by atoms with van der Waals surface area (Å²) in [7, 11) is 1.55. The minimum atomic E-state index is -0.942. The molecule has 134 valence electrons. The number of ether oxygens (including phenoxy) is 3. The average Bonchev–Trinajstić information content (AvgIpc) is 3.02. The van der Waals surface area contributed by atoms with Gasteiger partial charge in [0.15, 0.2) is 17.9 Å². The van der Waals surface area contributed by atoms with Crippen molar-refractivity contribution in [2.75, 3.05) is 7.11 Å². The third-order valence-corrected chi connectivity index (χ3v) is 3.58. The summed E-state index contributed by atoms with van der Waals surface area (Å²) in [6.45, 7) is 1.81. The van der Waals surface area contributed by atoms with Crippen molar-refractivity contribution < 1.29 is 28.3 Å². The number of fused-ring (bicyclic) bond motifs is 1. The Balaban J connectivity index is 1.64. The average molecular weight is 357 g/mol. The number of rotatable bonds is 5. The van der Waals surface area contributed by atoms with Crippen LogP contribution in [0, 0.1) is 17.0 Å². The molecule has 0 aliphatic rings. The van der Waals surface area contributed by atoms with E-state index in [1.54, 1.807) is 13.2 Å². The first-order valence-electron chi connectivity index (χ1n) is 7.62. The van der Waals surface area contributed by atoms with E-state index in [-0.39, 0.29) is 18.0 Å². The highest BCUT2D eigenvalue weighted by molar-refractivity contribution is 5.84. The minimum Gasteiger partial charge on any atom is -0.493 e. The molecule has 0 unspecified atom stereocenters. The molecule has 1 heterocycles. The molecular formula is C18H15NO7. The van der Waals surface area contributed by atoms with Crippen LogP contribution < -0.4 is 9.47 Å². The van der Waals surface area contributed by atoms with Gasteiger partial charge in [0.25, 0.3) is 5.69 Å². The molecule has 0 aliphatic carbocycles. The van der Waals surface area contributed by atoms with Gasteiger partial charge in [0.1, 0.15) is 11.5 Å². The second-order valence-electron chi connectivity index (χ2n) is 5.49. The first-order chi connectivity index (χ1) is 12.5. The molecule has 8 nitrogen and oxygen atoms in total. The second kappa shape index (κ2) is 7.14. The van der Waals surface area contributed by atoms with Crippen LogP contribution in [0.15, 0.2) is 46.9 Å². The molecule has 26 heavy (non-hydrogen) atoms. The smallest absolute Gasteiger partial charge is 0.493 e. The highest BCUT2D eigenvalue weighted by Gasteiger charge is 2.13. The number of furan rings is 1. The normalized spacial score (nSPS) is 10.5. The largest absolute Gasteiger partial charge is 0.514 e. The zero-order valence-corrected chi connectivity index (χ0v) is 14.1. The lowest BCUT2D eigenvalue weighted by atomic mass is 10.1. The molecule has 2 aromatic carbocycles. The number of nitro groups is 1. The molecule has 0 N–H and O–H groups in total. The molecule has 1 aromatic heterocycles. The number of nitro benzene ring substituents is 1. The van der Waals surface area contributed by atoms with Crippen molar-refractivity contribution >= 4 is 22.8 Å². The molecule has 0 saturated carbocycles. The lowest BCUT2D eigenvalue weighted by molar-refractivity contribution is -0.384. The fraction of sp³-hybridized carbons (Fsp3) is 0.167. The summed E-state index contributed by atoms with van der Waals surface area (Å²) in [5.41, 5.74) is 1.48. The third kappa shape index (κ3) is 3.75. The Labute approximate surface area is 148 Å². The van der Waals surface area contributed by atoms with Gasteiger partial charge in [0.2, 0.25) is 0 Å². The Bertz CT molecular complexity index is 960. The van der Waals surface area contributed by atoms with E-state index >= 15 is 0 Å². The summed E-state index contributed by atoms with van der Waals surface area (Å²) >= 11 is 0. The molecular weight excluding hydrogens is 342 g/mol. The van der Waals surface area contributed by atoms with Crippen LogP contribution in [0.3, 0.4) is 0 Å². The van der Waals surface area contributed by atoms with Gasteiger partial charge >= 0.3 is 6.16 Å². The number of hydrogen-bond acceptors (Lipinski definition) is 7. The van der Waals surface area contributed by atoms with Gasteiger partial charge in [0, 0.05) is 17.5 Å². The molecule has 0 spiro atoms. The van der Waals surface area contributed by atoms with E-state index in [2.05, 4.69) is 0 Å². The number of hydrogen-bond donors (Lipinski definition) is 0. The number of benzene rings is 2. The number of carbonyl (C=O) groups excluding carboxylic acids is 1. The second-order valence-corrected chi connectivity index (χ2v) is 5.49. The van der Waals surface area contributed by atoms with Crippen LogP contribution in [0.5, 0.6) is 11.5 Å². The van der Waals surface area contributed by atoms with Crippen molar-refractivity contribution in [1.82, 2.24) is 0 Å². The molecule has 0 amide bonds. The topological polar surface area (TPSA) is 101 Å². The van der Waals surface area contributed by atoms with Crippen molar-refractivity contribution in [3.05, 3.63) is 63.9 Å². The van der Waals surface area contributed by atoms with E-state index in [9.17, 15) is 14.9 Å². The quantitative estimate of drug-likeness (QED) is 0.289. The van der Waals surface area contributed by atoms with Gasteiger partial charge in [-0.25, -0.2) is 4.79 Å². The van der Waals surface area contributed by atoms with E-state index in [0.717, 1.165) is 10.9 Å². The lowest BCUT2D eigenvalue weighted by Crippen LogP contribution is -2.10. The fourth-order valence-corrected chi connectivity index (χ4v) is 2.43. The Kier molecular flexibility index (Phi) is 4.74. The molecule has 8 heteroatoms. The SMILES string of the molecule is COc1cc(C)cc2cc(COC(=O)Oc3ccc([N+](=O)[O-])cc3)oc12. The maximum Gasteiger partial charge on any atom is 0.514 e. The van der Waals surface area contributed by atoms with Crippen LogP contribution in [0.4, 0.5) is 10.5 Å². The fourth-order valence-electron chi connectivity index (χ4n) is 2.43. The Hall–Kier alpha value is -3.55. The highest BCUT2D eigenvalue weighted by atomic mass is 16.7. The maximum atomic E-state index is 11.8. The van der Waals surface area contributed by atoms with Crippen molar-refractivity contribution in [1.29, 1.82) is 0 Å². The van der Waals surface area contributed by atoms with Gasteiger partial charge in [-0.1, -0.05) is 0 Å². The zero-order valence-electron chi connectivity index (χ0n) is 14.1. The molecule has 0 atom stereocenters. The molecule has 0 aliphatic heterocycles. The van der Waals surface area contributed by atoms with Crippen LogP contribution >= 0.6 is 0 Å². The zero-order chi connectivity index (χ0) is 18.7. The monoisotopic (exact) mass is 357 g/mol. The van der Waals surface area contributed by atoms with Crippen LogP contribution in [-0.4, -0.2) is 18.2 Å². The van der Waals surface area contributed by atoms with Gasteiger partial charge in [0.05, 0.1) is 12.0 Å². The van der Waals surface area contributed by atoms with Gasteiger partial charge in [-0.2, -0.15) is 0 Å². The van der Waals surface area contributed by atoms with Crippen molar-refractivity contribution in [2.24, 2.45) is 0 Å². The van der Waals surface area contributed by atoms with Gasteiger partial charge in [-0.15, -0.1) is 0 Å². The standard InChI is InChI=1S/C18H15NO7/c1-11-7-12-9-15(25-17(12)16(8-11)23-2)10-24-18(20)26-14-5-3-13(4-6-14)19(21)22/h3-9H,10H2,1-2H3. The number of carbonyl (C=O) groups is 1. The molecule has 3 aromatic rings. The van der Waals surface area contributed by atoms with E-state index in [0.29, 0.717) is 17.1 Å².